The first kappa shape index (κ1) is 13.2. The first-order chi connectivity index (χ1) is 7.72. The van der Waals surface area contributed by atoms with Crippen LogP contribution in [0.3, 0.4) is 0 Å². The number of ether oxygens (including phenoxy) is 1. The first-order valence-corrected chi connectivity index (χ1v) is 6.33. The fourth-order valence-electron chi connectivity index (χ4n) is 2.11. The first-order valence-electron chi connectivity index (χ1n) is 6.33. The molecule has 92 valence electrons. The predicted octanol–water partition coefficient (Wildman–Crippen LogP) is 2.42. The van der Waals surface area contributed by atoms with Crippen LogP contribution in [0.2, 0.25) is 0 Å². The van der Waals surface area contributed by atoms with Crippen LogP contribution >= 0.6 is 0 Å². The molecule has 3 nitrogen and oxygen atoms in total. The maximum Gasteiger partial charge on any atom is 0.330 e. The van der Waals surface area contributed by atoms with Gasteiger partial charge in [0.2, 0.25) is 0 Å². The molecule has 0 radical (unpaired) electrons. The summed E-state index contributed by atoms with van der Waals surface area (Å²) in [4.78, 5) is 11.1. The Morgan fingerprint density at radius 1 is 1.44 bits per heavy atom. The van der Waals surface area contributed by atoms with Crippen LogP contribution in [0.25, 0.3) is 0 Å². The molecule has 0 aromatic rings. The molecule has 0 heterocycles. The van der Waals surface area contributed by atoms with Crippen molar-refractivity contribution in [1.82, 2.24) is 5.32 Å². The van der Waals surface area contributed by atoms with Gasteiger partial charge in [0.15, 0.2) is 0 Å². The van der Waals surface area contributed by atoms with Crippen molar-refractivity contribution in [3.8, 4) is 0 Å². The monoisotopic (exact) mass is 225 g/mol. The molecule has 1 rings (SSSR count). The number of rotatable bonds is 5. The maximum absolute atomic E-state index is 11.1. The number of carbonyl (C=O) groups excluding carboxylic acids is 1. The molecule has 0 bridgehead atoms. The van der Waals surface area contributed by atoms with E-state index in [1.165, 1.54) is 38.2 Å². The topological polar surface area (TPSA) is 38.3 Å². The van der Waals surface area contributed by atoms with E-state index in [2.05, 4.69) is 12.2 Å². The molecule has 0 amide bonds. The molecular weight excluding hydrogens is 202 g/mol. The third kappa shape index (κ3) is 5.31. The zero-order valence-electron chi connectivity index (χ0n) is 10.4. The van der Waals surface area contributed by atoms with Gasteiger partial charge in [-0.3, -0.25) is 0 Å². The predicted molar refractivity (Wildman–Crippen MR) is 65.2 cm³/mol. The van der Waals surface area contributed by atoms with Gasteiger partial charge in [0, 0.05) is 18.2 Å². The van der Waals surface area contributed by atoms with Gasteiger partial charge in [-0.05, 0) is 26.7 Å². The number of esters is 1. The van der Waals surface area contributed by atoms with Crippen LogP contribution in [0.15, 0.2) is 12.2 Å². The number of hydrogen-bond acceptors (Lipinski definition) is 3. The summed E-state index contributed by atoms with van der Waals surface area (Å²) < 4.78 is 4.83. The second kappa shape index (κ2) is 7.44. The van der Waals surface area contributed by atoms with E-state index >= 15 is 0 Å². The van der Waals surface area contributed by atoms with E-state index in [0.29, 0.717) is 12.6 Å². The van der Waals surface area contributed by atoms with Crippen molar-refractivity contribution in [3.63, 3.8) is 0 Å². The Bertz CT molecular complexity index is 232. The van der Waals surface area contributed by atoms with Crippen molar-refractivity contribution in [2.75, 3.05) is 6.61 Å². The molecule has 0 spiro atoms. The Morgan fingerprint density at radius 3 is 2.75 bits per heavy atom. The molecule has 0 aliphatic heterocycles. The highest BCUT2D eigenvalue weighted by Crippen LogP contribution is 2.17. The molecule has 0 aromatic heterocycles. The van der Waals surface area contributed by atoms with Crippen LogP contribution in [0.4, 0.5) is 0 Å². The SMILES string of the molecule is CCOC(=O)C=CC(C)NC1CCCCC1. The quantitative estimate of drug-likeness (QED) is 0.577. The molecule has 16 heavy (non-hydrogen) atoms. The average molecular weight is 225 g/mol. The van der Waals surface area contributed by atoms with Crippen molar-refractivity contribution < 1.29 is 9.53 Å². The van der Waals surface area contributed by atoms with Crippen LogP contribution in [0, 0.1) is 0 Å². The summed E-state index contributed by atoms with van der Waals surface area (Å²) in [6.45, 7) is 4.33. The van der Waals surface area contributed by atoms with Crippen LogP contribution in [-0.2, 0) is 9.53 Å². The van der Waals surface area contributed by atoms with E-state index in [4.69, 9.17) is 4.74 Å². The summed E-state index contributed by atoms with van der Waals surface area (Å²) in [5.41, 5.74) is 0. The van der Waals surface area contributed by atoms with Crippen molar-refractivity contribution >= 4 is 5.97 Å². The Labute approximate surface area is 98.2 Å². The van der Waals surface area contributed by atoms with Crippen LogP contribution < -0.4 is 5.32 Å². The van der Waals surface area contributed by atoms with Gasteiger partial charge in [-0.15, -0.1) is 0 Å². The molecule has 1 aliphatic carbocycles. The highest BCUT2D eigenvalue weighted by molar-refractivity contribution is 5.81. The van der Waals surface area contributed by atoms with Crippen molar-refractivity contribution in [2.24, 2.45) is 0 Å². The fourth-order valence-corrected chi connectivity index (χ4v) is 2.11. The maximum atomic E-state index is 11.1. The largest absolute Gasteiger partial charge is 0.463 e. The molecule has 0 aromatic carbocycles. The van der Waals surface area contributed by atoms with Gasteiger partial charge in [0.25, 0.3) is 0 Å². The Balaban J connectivity index is 2.23. The van der Waals surface area contributed by atoms with Gasteiger partial charge in [-0.1, -0.05) is 25.3 Å². The average Bonchev–Trinajstić information content (AvgIpc) is 2.28. The van der Waals surface area contributed by atoms with Gasteiger partial charge < -0.3 is 10.1 Å². The van der Waals surface area contributed by atoms with Gasteiger partial charge in [-0.2, -0.15) is 0 Å². The minimum absolute atomic E-state index is 0.243. The third-order valence-electron chi connectivity index (χ3n) is 2.91. The Morgan fingerprint density at radius 2 is 2.12 bits per heavy atom. The van der Waals surface area contributed by atoms with Crippen LogP contribution in [-0.4, -0.2) is 24.7 Å². The molecule has 1 atom stereocenters. The summed E-state index contributed by atoms with van der Waals surface area (Å²) in [5.74, 6) is -0.250. The van der Waals surface area contributed by atoms with Crippen LogP contribution in [0.1, 0.15) is 46.0 Å². The normalized spacial score (nSPS) is 19.9. The van der Waals surface area contributed by atoms with Crippen LogP contribution in [0.5, 0.6) is 0 Å². The van der Waals surface area contributed by atoms with Gasteiger partial charge in [-0.25, -0.2) is 4.79 Å². The molecular formula is C13H23NO2. The highest BCUT2D eigenvalue weighted by Gasteiger charge is 2.14. The molecule has 1 saturated carbocycles. The number of nitrogens with one attached hydrogen (secondary N) is 1. The van der Waals surface area contributed by atoms with Crippen molar-refractivity contribution in [1.29, 1.82) is 0 Å². The highest BCUT2D eigenvalue weighted by atomic mass is 16.5. The summed E-state index contributed by atoms with van der Waals surface area (Å²) in [5, 5.41) is 3.52. The standard InChI is InChI=1S/C13H23NO2/c1-3-16-13(15)10-9-11(2)14-12-7-5-4-6-8-12/h9-12,14H,3-8H2,1-2H3. The lowest BCUT2D eigenvalue weighted by Crippen LogP contribution is -2.36. The summed E-state index contributed by atoms with van der Waals surface area (Å²) >= 11 is 0. The Kier molecular flexibility index (Phi) is 6.16. The molecule has 1 N–H and O–H groups in total. The van der Waals surface area contributed by atoms with E-state index in [1.54, 1.807) is 0 Å². The van der Waals surface area contributed by atoms with Gasteiger partial charge >= 0.3 is 5.97 Å². The summed E-state index contributed by atoms with van der Waals surface area (Å²) in [7, 11) is 0. The summed E-state index contributed by atoms with van der Waals surface area (Å²) in [6.07, 6.45) is 9.94. The van der Waals surface area contributed by atoms with Crippen molar-refractivity contribution in [3.05, 3.63) is 12.2 Å². The molecule has 3 heteroatoms. The lowest BCUT2D eigenvalue weighted by molar-refractivity contribution is -0.137. The molecule has 1 unspecified atom stereocenters. The van der Waals surface area contributed by atoms with E-state index in [-0.39, 0.29) is 12.0 Å². The van der Waals surface area contributed by atoms with Crippen molar-refractivity contribution in [2.45, 2.75) is 58.0 Å². The zero-order valence-corrected chi connectivity index (χ0v) is 10.4. The van der Waals surface area contributed by atoms with E-state index in [9.17, 15) is 4.79 Å². The van der Waals surface area contributed by atoms with E-state index in [0.717, 1.165) is 0 Å². The van der Waals surface area contributed by atoms with E-state index in [1.807, 2.05) is 13.0 Å². The minimum atomic E-state index is -0.250. The third-order valence-corrected chi connectivity index (χ3v) is 2.91. The lowest BCUT2D eigenvalue weighted by atomic mass is 9.95. The Hall–Kier alpha value is -0.830. The minimum Gasteiger partial charge on any atom is -0.463 e. The van der Waals surface area contributed by atoms with Gasteiger partial charge in [0.1, 0.15) is 0 Å². The lowest BCUT2D eigenvalue weighted by Gasteiger charge is -2.25. The van der Waals surface area contributed by atoms with E-state index < -0.39 is 0 Å². The summed E-state index contributed by atoms with van der Waals surface area (Å²) in [6, 6.07) is 0.864. The molecule has 1 aliphatic rings. The van der Waals surface area contributed by atoms with Gasteiger partial charge in [0.05, 0.1) is 6.61 Å². The fraction of sp³-hybridized carbons (Fsp3) is 0.769. The number of carbonyl (C=O) groups is 1. The molecule has 0 saturated heterocycles. The zero-order chi connectivity index (χ0) is 11.8. The smallest absolute Gasteiger partial charge is 0.330 e. The second-order valence-electron chi connectivity index (χ2n) is 4.40. The molecule has 1 fully saturated rings. The number of hydrogen-bond donors (Lipinski definition) is 1. The second-order valence-corrected chi connectivity index (χ2v) is 4.40.